The highest BCUT2D eigenvalue weighted by Crippen LogP contribution is 2.21. The van der Waals surface area contributed by atoms with Crippen LogP contribution in [0.15, 0.2) is 60.7 Å². The molecule has 4 heteroatoms. The Kier molecular flexibility index (Phi) is 7.82. The zero-order valence-electron chi connectivity index (χ0n) is 16.4. The Morgan fingerprint density at radius 3 is 1.85 bits per heavy atom. The van der Waals surface area contributed by atoms with Gasteiger partial charge in [0.15, 0.2) is 0 Å². The standard InChI is InChI=1S/C22H31N3O/c1-5-25(6-2)20(18-13-9-7-10-14-18)17-23-22(26)21(24(3)4)19-15-11-8-12-16-19/h7-16,20-21H,5-6,17H2,1-4H3,(H,23,26). The Labute approximate surface area is 157 Å². The third-order valence-electron chi connectivity index (χ3n) is 4.79. The molecule has 1 amide bonds. The first-order chi connectivity index (χ1) is 12.6. The summed E-state index contributed by atoms with van der Waals surface area (Å²) in [7, 11) is 3.88. The van der Waals surface area contributed by atoms with Crippen LogP contribution in [0.25, 0.3) is 0 Å². The smallest absolute Gasteiger partial charge is 0.242 e. The second-order valence-corrected chi connectivity index (χ2v) is 6.67. The summed E-state index contributed by atoms with van der Waals surface area (Å²) in [6, 6.07) is 20.2. The summed E-state index contributed by atoms with van der Waals surface area (Å²) in [5.41, 5.74) is 2.24. The van der Waals surface area contributed by atoms with Gasteiger partial charge >= 0.3 is 0 Å². The second-order valence-electron chi connectivity index (χ2n) is 6.67. The molecule has 2 rings (SSSR count). The molecule has 0 radical (unpaired) electrons. The minimum atomic E-state index is -0.288. The number of hydrogen-bond acceptors (Lipinski definition) is 3. The fourth-order valence-corrected chi connectivity index (χ4v) is 3.41. The lowest BCUT2D eigenvalue weighted by Crippen LogP contribution is -2.42. The molecule has 0 aliphatic rings. The van der Waals surface area contributed by atoms with Crippen LogP contribution in [0, 0.1) is 0 Å². The number of nitrogens with one attached hydrogen (secondary N) is 1. The predicted molar refractivity (Wildman–Crippen MR) is 108 cm³/mol. The summed E-state index contributed by atoms with van der Waals surface area (Å²) in [6.07, 6.45) is 0. The largest absolute Gasteiger partial charge is 0.353 e. The van der Waals surface area contributed by atoms with E-state index in [0.29, 0.717) is 6.54 Å². The third kappa shape index (κ3) is 5.16. The van der Waals surface area contributed by atoms with E-state index >= 15 is 0 Å². The van der Waals surface area contributed by atoms with E-state index in [1.165, 1.54) is 5.56 Å². The number of likely N-dealkylation sites (N-methyl/N-ethyl adjacent to an activating group) is 2. The number of carbonyl (C=O) groups excluding carboxylic acids is 1. The number of rotatable bonds is 9. The molecule has 0 aliphatic heterocycles. The molecule has 0 spiro atoms. The quantitative estimate of drug-likeness (QED) is 0.750. The molecule has 0 aromatic heterocycles. The Morgan fingerprint density at radius 1 is 0.885 bits per heavy atom. The van der Waals surface area contributed by atoms with Gasteiger partial charge < -0.3 is 5.32 Å². The summed E-state index contributed by atoms with van der Waals surface area (Å²) in [4.78, 5) is 17.3. The van der Waals surface area contributed by atoms with Crippen molar-refractivity contribution in [2.45, 2.75) is 25.9 Å². The molecular weight excluding hydrogens is 322 g/mol. The molecule has 0 saturated carbocycles. The van der Waals surface area contributed by atoms with Crippen LogP contribution in [0.2, 0.25) is 0 Å². The van der Waals surface area contributed by atoms with Gasteiger partial charge in [-0.1, -0.05) is 74.5 Å². The van der Waals surface area contributed by atoms with Crippen LogP contribution in [-0.2, 0) is 4.79 Å². The number of amides is 1. The number of carbonyl (C=O) groups is 1. The minimum absolute atomic E-state index is 0.0364. The molecule has 0 heterocycles. The summed E-state index contributed by atoms with van der Waals surface area (Å²) in [6.45, 7) is 6.81. The van der Waals surface area contributed by atoms with Gasteiger partial charge in [0.05, 0.1) is 6.04 Å². The lowest BCUT2D eigenvalue weighted by Gasteiger charge is -2.31. The van der Waals surface area contributed by atoms with Gasteiger partial charge in [-0.25, -0.2) is 0 Å². The van der Waals surface area contributed by atoms with Gasteiger partial charge in [-0.3, -0.25) is 14.6 Å². The van der Waals surface area contributed by atoms with Crippen molar-refractivity contribution in [2.24, 2.45) is 0 Å². The summed E-state index contributed by atoms with van der Waals surface area (Å²) < 4.78 is 0. The van der Waals surface area contributed by atoms with E-state index in [0.717, 1.165) is 18.7 Å². The highest BCUT2D eigenvalue weighted by Gasteiger charge is 2.25. The van der Waals surface area contributed by atoms with Crippen LogP contribution in [0.3, 0.4) is 0 Å². The van der Waals surface area contributed by atoms with Crippen LogP contribution in [0.5, 0.6) is 0 Å². The van der Waals surface area contributed by atoms with E-state index in [-0.39, 0.29) is 18.0 Å². The van der Waals surface area contributed by atoms with Crippen molar-refractivity contribution in [1.82, 2.24) is 15.1 Å². The van der Waals surface area contributed by atoms with Gasteiger partial charge in [0.25, 0.3) is 0 Å². The van der Waals surface area contributed by atoms with E-state index in [4.69, 9.17) is 0 Å². The topological polar surface area (TPSA) is 35.6 Å². The normalized spacial score (nSPS) is 13.6. The molecule has 2 atom stereocenters. The van der Waals surface area contributed by atoms with Crippen molar-refractivity contribution in [2.75, 3.05) is 33.7 Å². The molecule has 0 bridgehead atoms. The van der Waals surface area contributed by atoms with Crippen LogP contribution in [-0.4, -0.2) is 49.4 Å². The molecule has 2 aromatic carbocycles. The SMILES string of the molecule is CCN(CC)C(CNC(=O)C(c1ccccc1)N(C)C)c1ccccc1. The average Bonchev–Trinajstić information content (AvgIpc) is 2.66. The maximum Gasteiger partial charge on any atom is 0.242 e. The molecule has 4 nitrogen and oxygen atoms in total. The van der Waals surface area contributed by atoms with Gasteiger partial charge in [0.2, 0.25) is 5.91 Å². The maximum atomic E-state index is 12.9. The molecule has 0 saturated heterocycles. The van der Waals surface area contributed by atoms with Gasteiger partial charge in [0, 0.05) is 6.54 Å². The average molecular weight is 354 g/mol. The molecule has 140 valence electrons. The fraction of sp³-hybridized carbons (Fsp3) is 0.409. The van der Waals surface area contributed by atoms with Crippen molar-refractivity contribution in [3.63, 3.8) is 0 Å². The first-order valence-corrected chi connectivity index (χ1v) is 9.36. The second kappa shape index (κ2) is 10.1. The Bertz CT molecular complexity index is 654. The van der Waals surface area contributed by atoms with Gasteiger partial charge in [-0.15, -0.1) is 0 Å². The van der Waals surface area contributed by atoms with Crippen LogP contribution in [0.4, 0.5) is 0 Å². The fourth-order valence-electron chi connectivity index (χ4n) is 3.41. The Hall–Kier alpha value is -2.17. The van der Waals surface area contributed by atoms with Crippen molar-refractivity contribution in [3.8, 4) is 0 Å². The first kappa shape index (κ1) is 20.1. The highest BCUT2D eigenvalue weighted by molar-refractivity contribution is 5.83. The van der Waals surface area contributed by atoms with Crippen molar-refractivity contribution in [1.29, 1.82) is 0 Å². The summed E-state index contributed by atoms with van der Waals surface area (Å²) >= 11 is 0. The lowest BCUT2D eigenvalue weighted by molar-refractivity contribution is -0.126. The molecular formula is C22H31N3O. The van der Waals surface area contributed by atoms with Gasteiger partial charge in [0.1, 0.15) is 6.04 Å². The predicted octanol–water partition coefficient (Wildman–Crippen LogP) is 3.49. The van der Waals surface area contributed by atoms with Crippen molar-refractivity contribution < 1.29 is 4.79 Å². The number of benzene rings is 2. The van der Waals surface area contributed by atoms with E-state index in [2.05, 4.69) is 48.3 Å². The first-order valence-electron chi connectivity index (χ1n) is 9.36. The molecule has 1 N–H and O–H groups in total. The molecule has 26 heavy (non-hydrogen) atoms. The zero-order valence-corrected chi connectivity index (χ0v) is 16.4. The molecule has 0 aliphatic carbocycles. The Balaban J connectivity index is 2.15. The van der Waals surface area contributed by atoms with Gasteiger partial charge in [-0.2, -0.15) is 0 Å². The van der Waals surface area contributed by atoms with Crippen LogP contribution >= 0.6 is 0 Å². The van der Waals surface area contributed by atoms with Crippen molar-refractivity contribution in [3.05, 3.63) is 71.8 Å². The monoisotopic (exact) mass is 353 g/mol. The van der Waals surface area contributed by atoms with E-state index in [9.17, 15) is 4.79 Å². The number of nitrogens with zero attached hydrogens (tertiary/aromatic N) is 2. The highest BCUT2D eigenvalue weighted by atomic mass is 16.2. The lowest BCUT2D eigenvalue weighted by atomic mass is 10.0. The minimum Gasteiger partial charge on any atom is -0.353 e. The molecule has 2 unspecified atom stereocenters. The van der Waals surface area contributed by atoms with E-state index < -0.39 is 0 Å². The van der Waals surface area contributed by atoms with E-state index in [1.54, 1.807) is 0 Å². The van der Waals surface area contributed by atoms with Crippen LogP contribution in [0.1, 0.15) is 37.1 Å². The van der Waals surface area contributed by atoms with Gasteiger partial charge in [-0.05, 0) is 38.3 Å². The van der Waals surface area contributed by atoms with Crippen LogP contribution < -0.4 is 5.32 Å². The summed E-state index contributed by atoms with van der Waals surface area (Å²) in [5, 5.41) is 3.19. The Morgan fingerprint density at radius 2 is 1.38 bits per heavy atom. The number of hydrogen-bond donors (Lipinski definition) is 1. The third-order valence-corrected chi connectivity index (χ3v) is 4.79. The maximum absolute atomic E-state index is 12.9. The molecule has 0 fully saturated rings. The van der Waals surface area contributed by atoms with Crippen molar-refractivity contribution >= 4 is 5.91 Å². The molecule has 2 aromatic rings. The summed E-state index contributed by atoms with van der Waals surface area (Å²) in [5.74, 6) is 0.0364. The zero-order chi connectivity index (χ0) is 18.9. The van der Waals surface area contributed by atoms with E-state index in [1.807, 2.05) is 55.4 Å².